The van der Waals surface area contributed by atoms with Gasteiger partial charge in [-0.3, -0.25) is 0 Å². The van der Waals surface area contributed by atoms with Gasteiger partial charge in [0, 0.05) is 0 Å². The molecule has 0 aromatic rings. The third-order valence-corrected chi connectivity index (χ3v) is 6.16. The second-order valence-electron chi connectivity index (χ2n) is 7.39. The number of hydrogen-bond donors (Lipinski definition) is 0. The highest BCUT2D eigenvalue weighted by atomic mass is 14.4. The molecule has 2 saturated carbocycles. The van der Waals surface area contributed by atoms with Gasteiger partial charge in [-0.25, -0.2) is 0 Å². The van der Waals surface area contributed by atoms with Crippen molar-refractivity contribution in [3.05, 3.63) is 25.3 Å². The summed E-state index contributed by atoms with van der Waals surface area (Å²) in [6.45, 7) is 7.85. The van der Waals surface area contributed by atoms with Crippen LogP contribution in [0.1, 0.15) is 83.5 Å². The van der Waals surface area contributed by atoms with Gasteiger partial charge in [0.2, 0.25) is 0 Å². The zero-order valence-corrected chi connectivity index (χ0v) is 13.4. The second-order valence-corrected chi connectivity index (χ2v) is 7.39. The first-order chi connectivity index (χ1) is 9.79. The first-order valence-electron chi connectivity index (χ1n) is 9.01. The average molecular weight is 274 g/mol. The molecular weight excluding hydrogens is 240 g/mol. The summed E-state index contributed by atoms with van der Waals surface area (Å²) < 4.78 is 0. The largest absolute Gasteiger partial charge is 0.103 e. The third-order valence-electron chi connectivity index (χ3n) is 6.16. The van der Waals surface area contributed by atoms with Gasteiger partial charge in [-0.1, -0.05) is 44.3 Å². The summed E-state index contributed by atoms with van der Waals surface area (Å²) in [7, 11) is 0. The van der Waals surface area contributed by atoms with Crippen molar-refractivity contribution in [1.29, 1.82) is 0 Å². The fourth-order valence-electron chi connectivity index (χ4n) is 4.77. The highest BCUT2D eigenvalue weighted by Gasteiger charge is 2.36. The van der Waals surface area contributed by atoms with Crippen molar-refractivity contribution in [2.75, 3.05) is 0 Å². The zero-order chi connectivity index (χ0) is 14.3. The maximum absolute atomic E-state index is 3.92. The summed E-state index contributed by atoms with van der Waals surface area (Å²) in [5.41, 5.74) is 0.619. The highest BCUT2D eigenvalue weighted by Crippen LogP contribution is 2.49. The van der Waals surface area contributed by atoms with E-state index in [1.165, 1.54) is 83.5 Å². The molecule has 0 aromatic carbocycles. The average Bonchev–Trinajstić information content (AvgIpc) is 2.53. The summed E-state index contributed by atoms with van der Waals surface area (Å²) in [6, 6.07) is 0. The molecule has 0 bridgehead atoms. The van der Waals surface area contributed by atoms with E-state index in [1.807, 2.05) is 0 Å². The van der Waals surface area contributed by atoms with Gasteiger partial charge in [-0.15, -0.1) is 13.2 Å². The minimum atomic E-state index is 0.619. The van der Waals surface area contributed by atoms with Gasteiger partial charge in [0.25, 0.3) is 0 Å². The van der Waals surface area contributed by atoms with Crippen LogP contribution in [0.2, 0.25) is 0 Å². The molecule has 0 saturated heterocycles. The van der Waals surface area contributed by atoms with Gasteiger partial charge >= 0.3 is 0 Å². The van der Waals surface area contributed by atoms with E-state index in [2.05, 4.69) is 25.3 Å². The summed E-state index contributed by atoms with van der Waals surface area (Å²) in [5.74, 6) is 2.12. The molecule has 0 unspecified atom stereocenters. The fraction of sp³-hybridized carbons (Fsp3) is 0.800. The third kappa shape index (κ3) is 4.24. The fourth-order valence-corrected chi connectivity index (χ4v) is 4.77. The van der Waals surface area contributed by atoms with Crippen molar-refractivity contribution in [3.63, 3.8) is 0 Å². The van der Waals surface area contributed by atoms with Crippen LogP contribution in [0, 0.1) is 17.3 Å². The number of hydrogen-bond acceptors (Lipinski definition) is 0. The molecule has 2 aliphatic rings. The Morgan fingerprint density at radius 2 is 1.25 bits per heavy atom. The monoisotopic (exact) mass is 274 g/mol. The molecule has 0 heteroatoms. The maximum Gasteiger partial charge on any atom is -0.0291 e. The molecular formula is C20H34. The van der Waals surface area contributed by atoms with Crippen LogP contribution < -0.4 is 0 Å². The first kappa shape index (κ1) is 15.9. The lowest BCUT2D eigenvalue weighted by Gasteiger charge is -2.43. The van der Waals surface area contributed by atoms with Crippen LogP contribution in [0.3, 0.4) is 0 Å². The van der Waals surface area contributed by atoms with Crippen molar-refractivity contribution in [3.8, 4) is 0 Å². The summed E-state index contributed by atoms with van der Waals surface area (Å²) >= 11 is 0. The van der Waals surface area contributed by atoms with Crippen LogP contribution in [-0.2, 0) is 0 Å². The van der Waals surface area contributed by atoms with Gasteiger partial charge in [-0.2, -0.15) is 0 Å². The van der Waals surface area contributed by atoms with Crippen LogP contribution in [0.5, 0.6) is 0 Å². The minimum Gasteiger partial charge on any atom is -0.103 e. The lowest BCUT2D eigenvalue weighted by molar-refractivity contribution is 0.0875. The number of rotatable bonds is 7. The van der Waals surface area contributed by atoms with Crippen LogP contribution in [-0.4, -0.2) is 0 Å². The lowest BCUT2D eigenvalue weighted by atomic mass is 9.62. The van der Waals surface area contributed by atoms with Crippen LogP contribution >= 0.6 is 0 Å². The lowest BCUT2D eigenvalue weighted by Crippen LogP contribution is -2.31. The van der Waals surface area contributed by atoms with Crippen LogP contribution in [0.15, 0.2) is 25.3 Å². The predicted octanol–water partition coefficient (Wildman–Crippen LogP) is 6.68. The first-order valence-corrected chi connectivity index (χ1v) is 9.01. The quantitative estimate of drug-likeness (QED) is 0.454. The van der Waals surface area contributed by atoms with E-state index in [0.717, 1.165) is 11.8 Å². The smallest absolute Gasteiger partial charge is 0.0291 e. The van der Waals surface area contributed by atoms with Gasteiger partial charge in [0.1, 0.15) is 0 Å². The molecule has 2 aliphatic carbocycles. The Hall–Kier alpha value is -0.520. The van der Waals surface area contributed by atoms with Gasteiger partial charge in [-0.05, 0) is 68.6 Å². The Balaban J connectivity index is 1.86. The van der Waals surface area contributed by atoms with E-state index in [-0.39, 0.29) is 0 Å². The molecule has 0 aliphatic heterocycles. The predicted molar refractivity (Wildman–Crippen MR) is 89.8 cm³/mol. The minimum absolute atomic E-state index is 0.619. The van der Waals surface area contributed by atoms with E-state index < -0.39 is 0 Å². The molecule has 20 heavy (non-hydrogen) atoms. The van der Waals surface area contributed by atoms with Crippen LogP contribution in [0.4, 0.5) is 0 Å². The molecule has 0 atom stereocenters. The second kappa shape index (κ2) is 8.05. The molecule has 0 spiro atoms. The van der Waals surface area contributed by atoms with Crippen molar-refractivity contribution in [2.45, 2.75) is 83.5 Å². The van der Waals surface area contributed by atoms with Gasteiger partial charge in [0.15, 0.2) is 0 Å². The van der Waals surface area contributed by atoms with Crippen molar-refractivity contribution in [2.24, 2.45) is 17.3 Å². The zero-order valence-electron chi connectivity index (χ0n) is 13.4. The molecule has 0 amide bonds. The Kier molecular flexibility index (Phi) is 6.39. The topological polar surface area (TPSA) is 0 Å². The van der Waals surface area contributed by atoms with E-state index >= 15 is 0 Å². The number of allylic oxidation sites excluding steroid dienone is 2. The van der Waals surface area contributed by atoms with E-state index in [0.29, 0.717) is 5.41 Å². The van der Waals surface area contributed by atoms with Crippen molar-refractivity contribution in [1.82, 2.24) is 0 Å². The van der Waals surface area contributed by atoms with Crippen LogP contribution in [0.25, 0.3) is 0 Å². The summed E-state index contributed by atoms with van der Waals surface area (Å²) in [4.78, 5) is 0. The van der Waals surface area contributed by atoms with E-state index in [1.54, 1.807) is 0 Å². The van der Waals surface area contributed by atoms with Gasteiger partial charge in [0.05, 0.1) is 0 Å². The molecule has 0 radical (unpaired) electrons. The molecule has 0 heterocycles. The molecule has 2 rings (SSSR count). The molecule has 0 nitrogen and oxygen atoms in total. The van der Waals surface area contributed by atoms with Crippen molar-refractivity contribution < 1.29 is 0 Å². The standard InChI is InChI=1S/C20H34/c1-3-5-14-20(15-6-4-2)16-12-19(13-17-20)18-10-8-7-9-11-18/h3-4,18-19H,1-2,5-17H2. The van der Waals surface area contributed by atoms with E-state index in [9.17, 15) is 0 Å². The maximum atomic E-state index is 3.92. The Morgan fingerprint density at radius 1 is 0.750 bits per heavy atom. The molecule has 0 N–H and O–H groups in total. The molecule has 114 valence electrons. The van der Waals surface area contributed by atoms with Crippen molar-refractivity contribution >= 4 is 0 Å². The normalized spacial score (nSPS) is 24.4. The SMILES string of the molecule is C=CCCC1(CCC=C)CCC(C2CCCCC2)CC1. The van der Waals surface area contributed by atoms with E-state index in [4.69, 9.17) is 0 Å². The molecule has 0 aromatic heterocycles. The Labute approximate surface area is 126 Å². The Bertz CT molecular complexity index is 273. The molecule has 2 fully saturated rings. The summed E-state index contributed by atoms with van der Waals surface area (Å²) in [5, 5.41) is 0. The summed E-state index contributed by atoms with van der Waals surface area (Å²) in [6.07, 6.45) is 22.8. The Morgan fingerprint density at radius 3 is 1.75 bits per heavy atom. The highest BCUT2D eigenvalue weighted by molar-refractivity contribution is 4.91. The van der Waals surface area contributed by atoms with Gasteiger partial charge < -0.3 is 0 Å².